The molecule has 2 heterocycles. The Balaban J connectivity index is 1.54. The zero-order chi connectivity index (χ0) is 23.4. The number of nitrogens with one attached hydrogen (secondary N) is 1. The summed E-state index contributed by atoms with van der Waals surface area (Å²) in [6.45, 7) is 4.00. The maximum Gasteiger partial charge on any atom is 0.248 e. The van der Waals surface area contributed by atoms with Crippen LogP contribution in [0.1, 0.15) is 35.4 Å². The van der Waals surface area contributed by atoms with Crippen LogP contribution in [-0.2, 0) is 14.8 Å². The third-order valence-corrected chi connectivity index (χ3v) is 7.84. The molecule has 1 aliphatic heterocycles. The van der Waals surface area contributed by atoms with E-state index in [2.05, 4.69) is 10.5 Å². The van der Waals surface area contributed by atoms with Gasteiger partial charge in [-0.05, 0) is 50.0 Å². The van der Waals surface area contributed by atoms with Gasteiger partial charge in [0.2, 0.25) is 15.9 Å². The molecular weight excluding hydrogens is 438 g/mol. The Morgan fingerprint density at radius 3 is 2.58 bits per heavy atom. The molecule has 7 nitrogen and oxygen atoms in total. The Morgan fingerprint density at radius 1 is 1.09 bits per heavy atom. The standard InChI is InChI=1S/C25H27N3O4S/c1-18-9-6-7-13-22(18)26-25(29)21-12-8-16-28(17-21)33(30,31)24-19(2)27-32-23(24)15-14-20-10-4-3-5-11-20/h3-7,9-11,13-15,21H,8,12,16-17H2,1-2H3,(H,26,29)/b15-14+/t21-/m1/s1. The van der Waals surface area contributed by atoms with Crippen molar-refractivity contribution in [2.24, 2.45) is 5.92 Å². The summed E-state index contributed by atoms with van der Waals surface area (Å²) in [7, 11) is -3.89. The lowest BCUT2D eigenvalue weighted by atomic mass is 9.98. The summed E-state index contributed by atoms with van der Waals surface area (Å²) < 4.78 is 33.8. The van der Waals surface area contributed by atoms with Gasteiger partial charge < -0.3 is 9.84 Å². The van der Waals surface area contributed by atoms with Gasteiger partial charge in [0.1, 0.15) is 5.69 Å². The third kappa shape index (κ3) is 5.07. The maximum absolute atomic E-state index is 13.5. The number of anilines is 1. The summed E-state index contributed by atoms with van der Waals surface area (Å²) in [4.78, 5) is 12.9. The third-order valence-electron chi connectivity index (χ3n) is 5.82. The van der Waals surface area contributed by atoms with Crippen molar-refractivity contribution in [3.8, 4) is 0 Å². The minimum Gasteiger partial charge on any atom is -0.355 e. The minimum absolute atomic E-state index is 0.0506. The van der Waals surface area contributed by atoms with Gasteiger partial charge in [-0.25, -0.2) is 8.42 Å². The van der Waals surface area contributed by atoms with Gasteiger partial charge in [-0.2, -0.15) is 4.31 Å². The molecule has 0 bridgehead atoms. The molecule has 1 aliphatic rings. The van der Waals surface area contributed by atoms with Gasteiger partial charge in [-0.15, -0.1) is 0 Å². The fourth-order valence-corrected chi connectivity index (χ4v) is 5.76. The van der Waals surface area contributed by atoms with Crippen LogP contribution in [0, 0.1) is 19.8 Å². The predicted octanol–water partition coefficient (Wildman–Crippen LogP) is 4.50. The number of hydrogen-bond donors (Lipinski definition) is 1. The van der Waals surface area contributed by atoms with E-state index in [1.54, 1.807) is 19.1 Å². The minimum atomic E-state index is -3.89. The molecule has 0 unspecified atom stereocenters. The highest BCUT2D eigenvalue weighted by molar-refractivity contribution is 7.89. The van der Waals surface area contributed by atoms with Crippen molar-refractivity contribution in [3.05, 3.63) is 77.2 Å². The van der Waals surface area contributed by atoms with Gasteiger partial charge in [0.25, 0.3) is 0 Å². The molecule has 1 aromatic heterocycles. The molecular formula is C25H27N3O4S. The van der Waals surface area contributed by atoms with Crippen molar-refractivity contribution < 1.29 is 17.7 Å². The lowest BCUT2D eigenvalue weighted by Crippen LogP contribution is -2.44. The van der Waals surface area contributed by atoms with E-state index in [1.807, 2.05) is 61.5 Å². The van der Waals surface area contributed by atoms with E-state index < -0.39 is 15.9 Å². The Morgan fingerprint density at radius 2 is 1.82 bits per heavy atom. The molecule has 0 aliphatic carbocycles. The van der Waals surface area contributed by atoms with Crippen molar-refractivity contribution in [1.82, 2.24) is 9.46 Å². The summed E-state index contributed by atoms with van der Waals surface area (Å²) in [5.74, 6) is -0.421. The zero-order valence-electron chi connectivity index (χ0n) is 18.7. The molecule has 1 N–H and O–H groups in total. The van der Waals surface area contributed by atoms with E-state index in [4.69, 9.17) is 4.52 Å². The maximum atomic E-state index is 13.5. The van der Waals surface area contributed by atoms with Crippen LogP contribution in [0.5, 0.6) is 0 Å². The average molecular weight is 466 g/mol. The SMILES string of the molecule is Cc1ccccc1NC(=O)[C@@H]1CCCN(S(=O)(=O)c2c(C)noc2/C=C/c2ccccc2)C1. The molecule has 3 aromatic rings. The summed E-state index contributed by atoms with van der Waals surface area (Å²) in [5.41, 5.74) is 2.92. The molecule has 1 atom stereocenters. The first-order chi connectivity index (χ1) is 15.9. The van der Waals surface area contributed by atoms with Crippen LogP contribution in [-0.4, -0.2) is 36.9 Å². The lowest BCUT2D eigenvalue weighted by molar-refractivity contribution is -0.120. The van der Waals surface area contributed by atoms with Crippen molar-refractivity contribution in [1.29, 1.82) is 0 Å². The van der Waals surface area contributed by atoms with Crippen LogP contribution in [0.25, 0.3) is 12.2 Å². The molecule has 1 saturated heterocycles. The summed E-state index contributed by atoms with van der Waals surface area (Å²) in [6, 6.07) is 17.1. The van der Waals surface area contributed by atoms with Crippen LogP contribution in [0.3, 0.4) is 0 Å². The first-order valence-corrected chi connectivity index (χ1v) is 12.4. The first kappa shape index (κ1) is 22.9. The number of nitrogens with zero attached hydrogens (tertiary/aromatic N) is 2. The van der Waals surface area contributed by atoms with E-state index in [-0.39, 0.29) is 23.1 Å². The van der Waals surface area contributed by atoms with Gasteiger partial charge in [0.15, 0.2) is 10.7 Å². The average Bonchev–Trinajstić information content (AvgIpc) is 3.21. The second kappa shape index (κ2) is 9.72. The highest BCUT2D eigenvalue weighted by atomic mass is 32.2. The Hall–Kier alpha value is -3.23. The fourth-order valence-electron chi connectivity index (χ4n) is 3.99. The second-order valence-corrected chi connectivity index (χ2v) is 10.1. The van der Waals surface area contributed by atoms with Gasteiger partial charge in [-0.3, -0.25) is 4.79 Å². The van der Waals surface area contributed by atoms with E-state index in [0.717, 1.165) is 16.8 Å². The number of carbonyl (C=O) groups excluding carboxylic acids is 1. The molecule has 4 rings (SSSR count). The van der Waals surface area contributed by atoms with Gasteiger partial charge in [0.05, 0.1) is 5.92 Å². The number of carbonyl (C=O) groups is 1. The molecule has 172 valence electrons. The number of sulfonamides is 1. The van der Waals surface area contributed by atoms with Crippen molar-refractivity contribution in [2.75, 3.05) is 18.4 Å². The number of aromatic nitrogens is 1. The number of amides is 1. The van der Waals surface area contributed by atoms with Crippen LogP contribution in [0.4, 0.5) is 5.69 Å². The van der Waals surface area contributed by atoms with E-state index in [9.17, 15) is 13.2 Å². The van der Waals surface area contributed by atoms with Crippen LogP contribution >= 0.6 is 0 Å². The van der Waals surface area contributed by atoms with Crippen LogP contribution in [0.15, 0.2) is 64.0 Å². The monoisotopic (exact) mass is 465 g/mol. The molecule has 0 spiro atoms. The Bertz CT molecular complexity index is 1270. The molecule has 8 heteroatoms. The van der Waals surface area contributed by atoms with Crippen LogP contribution < -0.4 is 5.32 Å². The van der Waals surface area contributed by atoms with Crippen molar-refractivity contribution in [2.45, 2.75) is 31.6 Å². The molecule has 33 heavy (non-hydrogen) atoms. The topological polar surface area (TPSA) is 92.5 Å². The summed E-state index contributed by atoms with van der Waals surface area (Å²) in [5, 5.41) is 6.84. The summed E-state index contributed by atoms with van der Waals surface area (Å²) >= 11 is 0. The number of para-hydroxylation sites is 1. The molecule has 1 amide bonds. The quantitative estimate of drug-likeness (QED) is 0.579. The normalized spacial score (nSPS) is 17.3. The van der Waals surface area contributed by atoms with E-state index in [1.165, 1.54) is 4.31 Å². The van der Waals surface area contributed by atoms with Gasteiger partial charge >= 0.3 is 0 Å². The summed E-state index contributed by atoms with van der Waals surface area (Å²) in [6.07, 6.45) is 4.64. The zero-order valence-corrected chi connectivity index (χ0v) is 19.5. The lowest BCUT2D eigenvalue weighted by Gasteiger charge is -2.31. The van der Waals surface area contributed by atoms with Gasteiger partial charge in [-0.1, -0.05) is 59.8 Å². The molecule has 0 radical (unpaired) electrons. The van der Waals surface area contributed by atoms with Gasteiger partial charge in [0, 0.05) is 18.8 Å². The number of rotatable bonds is 6. The first-order valence-electron chi connectivity index (χ1n) is 10.9. The second-order valence-electron chi connectivity index (χ2n) is 8.21. The largest absolute Gasteiger partial charge is 0.355 e. The predicted molar refractivity (Wildman–Crippen MR) is 128 cm³/mol. The smallest absolute Gasteiger partial charge is 0.248 e. The number of piperidine rings is 1. The van der Waals surface area contributed by atoms with E-state index in [0.29, 0.717) is 25.1 Å². The van der Waals surface area contributed by atoms with Crippen molar-refractivity contribution in [3.63, 3.8) is 0 Å². The molecule has 1 fully saturated rings. The Kier molecular flexibility index (Phi) is 6.76. The van der Waals surface area contributed by atoms with Crippen LogP contribution in [0.2, 0.25) is 0 Å². The number of benzene rings is 2. The van der Waals surface area contributed by atoms with Crippen molar-refractivity contribution >= 4 is 33.8 Å². The van der Waals surface area contributed by atoms with E-state index >= 15 is 0 Å². The Labute approximate surface area is 194 Å². The number of hydrogen-bond acceptors (Lipinski definition) is 5. The fraction of sp³-hybridized carbons (Fsp3) is 0.280. The molecule has 0 saturated carbocycles. The molecule has 2 aromatic carbocycles. The number of aryl methyl sites for hydroxylation is 2. The highest BCUT2D eigenvalue weighted by Crippen LogP contribution is 2.30. The highest BCUT2D eigenvalue weighted by Gasteiger charge is 2.37.